The molecule has 0 saturated heterocycles. The molecular weight excluding hydrogens is 383 g/mol. The molecule has 0 unspecified atom stereocenters. The molecule has 150 valence electrons. The molecule has 0 aliphatic rings. The molecule has 0 aromatic heterocycles. The van der Waals surface area contributed by atoms with Gasteiger partial charge in [-0.05, 0) is 48.4 Å². The van der Waals surface area contributed by atoms with Crippen molar-refractivity contribution in [3.63, 3.8) is 0 Å². The fraction of sp³-hybridized carbons (Fsp3) is 0.182. The molecule has 0 spiro atoms. The number of benzene rings is 3. The first kappa shape index (κ1) is 20.4. The van der Waals surface area contributed by atoms with Gasteiger partial charge in [0.2, 0.25) is 0 Å². The third-order valence-corrected chi connectivity index (χ3v) is 4.64. The Morgan fingerprint density at radius 2 is 1.52 bits per heavy atom. The number of alkyl halides is 3. The number of hydrogen-bond acceptors (Lipinski definition) is 2. The summed E-state index contributed by atoms with van der Waals surface area (Å²) in [6.45, 7) is 2.71. The molecule has 0 aliphatic heterocycles. The van der Waals surface area contributed by atoms with E-state index in [1.807, 2.05) is 12.1 Å². The van der Waals surface area contributed by atoms with Crippen LogP contribution in [-0.2, 0) is 11.0 Å². The summed E-state index contributed by atoms with van der Waals surface area (Å²) >= 11 is 0. The van der Waals surface area contributed by atoms with E-state index in [1.165, 1.54) is 26.0 Å². The van der Waals surface area contributed by atoms with Crippen molar-refractivity contribution in [2.45, 2.75) is 25.6 Å². The quantitative estimate of drug-likeness (QED) is 0.638. The minimum absolute atomic E-state index is 0.179. The number of fused-ring (bicyclic) bond motifs is 1. The van der Waals surface area contributed by atoms with Gasteiger partial charge in [0.1, 0.15) is 5.54 Å². The number of carbonyl (C=O) groups excluding carboxylic acids is 1. The Balaban J connectivity index is 2.17. The van der Waals surface area contributed by atoms with Gasteiger partial charge >= 0.3 is 12.1 Å². The monoisotopic (exact) mass is 401 g/mol. The van der Waals surface area contributed by atoms with E-state index in [2.05, 4.69) is 5.32 Å². The molecule has 0 bridgehead atoms. The average Bonchev–Trinajstić information content (AvgIpc) is 2.66. The first-order valence-electron chi connectivity index (χ1n) is 8.76. The summed E-state index contributed by atoms with van der Waals surface area (Å²) in [5, 5.41) is 13.2. The SMILES string of the molecule is CC(C)(NC(=O)c1ccc2ccccc2c1-c1ccc(C(F)(F)F)cc1)C(=O)O. The number of carboxylic acids is 1. The number of amides is 1. The number of carbonyl (C=O) groups is 2. The summed E-state index contributed by atoms with van der Waals surface area (Å²) in [4.78, 5) is 24.2. The Kier molecular flexibility index (Phi) is 5.09. The maximum absolute atomic E-state index is 12.9. The molecule has 4 nitrogen and oxygen atoms in total. The van der Waals surface area contributed by atoms with E-state index in [9.17, 15) is 27.9 Å². The van der Waals surface area contributed by atoms with Crippen molar-refractivity contribution in [3.05, 3.63) is 71.8 Å². The number of rotatable bonds is 4. The molecule has 2 N–H and O–H groups in total. The smallest absolute Gasteiger partial charge is 0.416 e. The second kappa shape index (κ2) is 7.24. The van der Waals surface area contributed by atoms with Crippen LogP contribution in [0.4, 0.5) is 13.2 Å². The van der Waals surface area contributed by atoms with Crippen LogP contribution in [0.15, 0.2) is 60.7 Å². The molecule has 3 aromatic carbocycles. The van der Waals surface area contributed by atoms with Crippen LogP contribution < -0.4 is 5.32 Å². The summed E-state index contributed by atoms with van der Waals surface area (Å²) in [6, 6.07) is 15.0. The topological polar surface area (TPSA) is 66.4 Å². The maximum atomic E-state index is 12.9. The highest BCUT2D eigenvalue weighted by molar-refractivity contribution is 6.10. The molecule has 0 radical (unpaired) electrons. The van der Waals surface area contributed by atoms with Gasteiger partial charge in [-0.2, -0.15) is 13.2 Å². The van der Waals surface area contributed by atoms with Gasteiger partial charge in [0.25, 0.3) is 5.91 Å². The number of aliphatic carboxylic acids is 1. The molecule has 0 fully saturated rings. The van der Waals surface area contributed by atoms with Gasteiger partial charge in [0, 0.05) is 11.1 Å². The summed E-state index contributed by atoms with van der Waals surface area (Å²) in [5.41, 5.74) is -1.26. The highest BCUT2D eigenvalue weighted by Gasteiger charge is 2.32. The standard InChI is InChI=1S/C22H18F3NO3/c1-21(2,20(28)29)26-19(27)17-12-9-13-5-3-4-6-16(13)18(17)14-7-10-15(11-8-14)22(23,24)25/h3-12H,1-2H3,(H,26,27)(H,28,29). The lowest BCUT2D eigenvalue weighted by Gasteiger charge is -2.22. The van der Waals surface area contributed by atoms with Gasteiger partial charge in [0.15, 0.2) is 0 Å². The molecule has 0 atom stereocenters. The normalized spacial score (nSPS) is 12.0. The van der Waals surface area contributed by atoms with E-state index in [0.717, 1.165) is 17.5 Å². The second-order valence-electron chi connectivity index (χ2n) is 7.17. The van der Waals surface area contributed by atoms with Crippen LogP contribution in [-0.4, -0.2) is 22.5 Å². The Morgan fingerprint density at radius 3 is 2.10 bits per heavy atom. The van der Waals surface area contributed by atoms with Gasteiger partial charge in [-0.1, -0.05) is 42.5 Å². The van der Waals surface area contributed by atoms with Crippen molar-refractivity contribution in [1.82, 2.24) is 5.32 Å². The fourth-order valence-electron chi connectivity index (χ4n) is 3.00. The van der Waals surface area contributed by atoms with E-state index in [4.69, 9.17) is 0 Å². The molecule has 29 heavy (non-hydrogen) atoms. The lowest BCUT2D eigenvalue weighted by molar-refractivity contribution is -0.143. The van der Waals surface area contributed by atoms with Crippen molar-refractivity contribution in [1.29, 1.82) is 0 Å². The zero-order valence-corrected chi connectivity index (χ0v) is 15.7. The van der Waals surface area contributed by atoms with E-state index < -0.39 is 29.2 Å². The van der Waals surface area contributed by atoms with Crippen LogP contribution in [0.3, 0.4) is 0 Å². The fourth-order valence-corrected chi connectivity index (χ4v) is 3.00. The minimum atomic E-state index is -4.47. The van der Waals surface area contributed by atoms with Gasteiger partial charge < -0.3 is 10.4 Å². The average molecular weight is 401 g/mol. The van der Waals surface area contributed by atoms with E-state index in [0.29, 0.717) is 16.5 Å². The zero-order valence-electron chi connectivity index (χ0n) is 15.7. The van der Waals surface area contributed by atoms with Gasteiger partial charge in [-0.3, -0.25) is 4.79 Å². The molecule has 7 heteroatoms. The van der Waals surface area contributed by atoms with Gasteiger partial charge in [-0.15, -0.1) is 0 Å². The second-order valence-corrected chi connectivity index (χ2v) is 7.17. The van der Waals surface area contributed by atoms with Crippen molar-refractivity contribution in [2.75, 3.05) is 0 Å². The summed E-state index contributed by atoms with van der Waals surface area (Å²) in [6.07, 6.45) is -4.47. The molecule has 0 saturated carbocycles. The lowest BCUT2D eigenvalue weighted by Crippen LogP contribution is -2.49. The predicted octanol–water partition coefficient (Wildman–Crippen LogP) is 5.12. The molecule has 3 rings (SSSR count). The van der Waals surface area contributed by atoms with E-state index >= 15 is 0 Å². The van der Waals surface area contributed by atoms with Crippen LogP contribution >= 0.6 is 0 Å². The Hall–Kier alpha value is -3.35. The van der Waals surface area contributed by atoms with E-state index in [-0.39, 0.29) is 5.56 Å². The highest BCUT2D eigenvalue weighted by atomic mass is 19.4. The first-order chi connectivity index (χ1) is 13.5. The Labute approximate surface area is 165 Å². The highest BCUT2D eigenvalue weighted by Crippen LogP contribution is 2.35. The number of hydrogen-bond donors (Lipinski definition) is 2. The summed E-state index contributed by atoms with van der Waals surface area (Å²) in [5.74, 6) is -1.83. The first-order valence-corrected chi connectivity index (χ1v) is 8.76. The predicted molar refractivity (Wildman–Crippen MR) is 104 cm³/mol. The Morgan fingerprint density at radius 1 is 0.897 bits per heavy atom. The van der Waals surface area contributed by atoms with Crippen LogP contribution in [0.1, 0.15) is 29.8 Å². The van der Waals surface area contributed by atoms with Crippen LogP contribution in [0.2, 0.25) is 0 Å². The van der Waals surface area contributed by atoms with Crippen LogP contribution in [0, 0.1) is 0 Å². The third-order valence-electron chi connectivity index (χ3n) is 4.64. The molecule has 0 heterocycles. The summed E-state index contributed by atoms with van der Waals surface area (Å²) < 4.78 is 38.8. The molecule has 0 aliphatic carbocycles. The third kappa shape index (κ3) is 4.08. The van der Waals surface area contributed by atoms with E-state index in [1.54, 1.807) is 24.3 Å². The number of nitrogens with one attached hydrogen (secondary N) is 1. The summed E-state index contributed by atoms with van der Waals surface area (Å²) in [7, 11) is 0. The zero-order chi connectivity index (χ0) is 21.4. The van der Waals surface area contributed by atoms with Crippen LogP contribution in [0.5, 0.6) is 0 Å². The number of halogens is 3. The molecule has 3 aromatic rings. The van der Waals surface area contributed by atoms with Crippen molar-refractivity contribution < 1.29 is 27.9 Å². The van der Waals surface area contributed by atoms with Crippen molar-refractivity contribution in [2.24, 2.45) is 0 Å². The minimum Gasteiger partial charge on any atom is -0.480 e. The lowest BCUT2D eigenvalue weighted by atomic mass is 9.91. The largest absolute Gasteiger partial charge is 0.480 e. The van der Waals surface area contributed by atoms with Crippen LogP contribution in [0.25, 0.3) is 21.9 Å². The molecular formula is C22H18F3NO3. The van der Waals surface area contributed by atoms with Gasteiger partial charge in [-0.25, -0.2) is 4.79 Å². The van der Waals surface area contributed by atoms with Gasteiger partial charge in [0.05, 0.1) is 5.56 Å². The van der Waals surface area contributed by atoms with Crippen molar-refractivity contribution in [3.8, 4) is 11.1 Å². The Bertz CT molecular complexity index is 1090. The molecule has 1 amide bonds. The van der Waals surface area contributed by atoms with Crippen molar-refractivity contribution >= 4 is 22.6 Å². The number of carboxylic acid groups (broad SMARTS) is 1. The maximum Gasteiger partial charge on any atom is 0.416 e.